The molecule has 140 valence electrons. The van der Waals surface area contributed by atoms with Crippen molar-refractivity contribution < 1.29 is 13.2 Å². The molecular weight excluding hydrogens is 376 g/mol. The average Bonchev–Trinajstić information content (AvgIpc) is 2.58. The lowest BCUT2D eigenvalue weighted by molar-refractivity contribution is 0.327. The van der Waals surface area contributed by atoms with E-state index in [1.54, 1.807) is 39.2 Å². The van der Waals surface area contributed by atoms with Gasteiger partial charge in [-0.3, -0.25) is 4.79 Å². The summed E-state index contributed by atoms with van der Waals surface area (Å²) >= 11 is 6.17. The van der Waals surface area contributed by atoms with E-state index in [-0.39, 0.29) is 17.0 Å². The Balaban J connectivity index is 2.03. The predicted octanol–water partition coefficient (Wildman–Crippen LogP) is 2.49. The molecule has 0 N–H and O–H groups in total. The molecule has 0 aliphatic carbocycles. The zero-order valence-corrected chi connectivity index (χ0v) is 16.5. The monoisotopic (exact) mass is 396 g/mol. The van der Waals surface area contributed by atoms with Crippen LogP contribution in [0.15, 0.2) is 34.1 Å². The van der Waals surface area contributed by atoms with Gasteiger partial charge >= 0.3 is 0 Å². The Hall–Kier alpha value is -1.83. The SMILES string of the molecule is CCOc1cc(C)c(Cl)cc1S(=O)(=O)N1CCc2cc(=O)n(C)cc2C1. The van der Waals surface area contributed by atoms with Gasteiger partial charge in [-0.2, -0.15) is 4.31 Å². The van der Waals surface area contributed by atoms with Gasteiger partial charge in [-0.05, 0) is 49.1 Å². The van der Waals surface area contributed by atoms with Crippen LogP contribution in [0.2, 0.25) is 5.02 Å². The van der Waals surface area contributed by atoms with Crippen LogP contribution in [0.3, 0.4) is 0 Å². The maximum Gasteiger partial charge on any atom is 0.250 e. The summed E-state index contributed by atoms with van der Waals surface area (Å²) in [5, 5.41) is 0.381. The molecule has 1 aliphatic rings. The number of hydrogen-bond acceptors (Lipinski definition) is 4. The van der Waals surface area contributed by atoms with E-state index in [0.29, 0.717) is 30.3 Å². The number of aromatic nitrogens is 1. The van der Waals surface area contributed by atoms with E-state index >= 15 is 0 Å². The van der Waals surface area contributed by atoms with Crippen LogP contribution in [-0.2, 0) is 30.0 Å². The van der Waals surface area contributed by atoms with E-state index in [1.807, 2.05) is 0 Å². The van der Waals surface area contributed by atoms with Crippen molar-refractivity contribution in [3.05, 3.63) is 56.5 Å². The summed E-state index contributed by atoms with van der Waals surface area (Å²) in [6.45, 7) is 4.48. The second-order valence-corrected chi connectivity index (χ2v) is 8.66. The molecule has 0 spiro atoms. The highest BCUT2D eigenvalue weighted by molar-refractivity contribution is 7.89. The summed E-state index contributed by atoms with van der Waals surface area (Å²) in [4.78, 5) is 11.8. The van der Waals surface area contributed by atoms with Gasteiger partial charge in [0.1, 0.15) is 10.6 Å². The molecule has 3 rings (SSSR count). The minimum absolute atomic E-state index is 0.0724. The number of nitrogens with zero attached hydrogens (tertiary/aromatic N) is 2. The zero-order valence-electron chi connectivity index (χ0n) is 15.0. The van der Waals surface area contributed by atoms with Gasteiger partial charge in [0, 0.05) is 37.4 Å². The van der Waals surface area contributed by atoms with Crippen molar-refractivity contribution >= 4 is 21.6 Å². The number of hydrogen-bond donors (Lipinski definition) is 0. The number of sulfonamides is 1. The van der Waals surface area contributed by atoms with E-state index in [1.165, 1.54) is 14.9 Å². The lowest BCUT2D eigenvalue weighted by atomic mass is 10.0. The van der Waals surface area contributed by atoms with Gasteiger partial charge in [0.15, 0.2) is 0 Å². The number of benzene rings is 1. The summed E-state index contributed by atoms with van der Waals surface area (Å²) in [6.07, 6.45) is 2.19. The van der Waals surface area contributed by atoms with Crippen LogP contribution in [0.4, 0.5) is 0 Å². The molecular formula is C18H21ClN2O4S. The largest absolute Gasteiger partial charge is 0.492 e. The van der Waals surface area contributed by atoms with Crippen LogP contribution in [-0.4, -0.2) is 30.4 Å². The summed E-state index contributed by atoms with van der Waals surface area (Å²) in [7, 11) is -2.13. The minimum atomic E-state index is -3.78. The molecule has 26 heavy (non-hydrogen) atoms. The average molecular weight is 397 g/mol. The second kappa shape index (κ2) is 7.06. The summed E-state index contributed by atoms with van der Waals surface area (Å²) < 4.78 is 34.9. The van der Waals surface area contributed by atoms with E-state index < -0.39 is 10.0 Å². The number of pyridine rings is 1. The molecule has 0 saturated carbocycles. The van der Waals surface area contributed by atoms with Crippen LogP contribution < -0.4 is 10.3 Å². The van der Waals surface area contributed by atoms with Gasteiger partial charge in [0.25, 0.3) is 5.56 Å². The third-order valence-electron chi connectivity index (χ3n) is 4.53. The molecule has 0 fully saturated rings. The molecule has 1 aromatic heterocycles. The molecule has 8 heteroatoms. The molecule has 0 amide bonds. The lowest BCUT2D eigenvalue weighted by Crippen LogP contribution is -2.37. The fourth-order valence-electron chi connectivity index (χ4n) is 3.06. The Bertz CT molecular complexity index is 1010. The first-order valence-corrected chi connectivity index (χ1v) is 10.2. The van der Waals surface area contributed by atoms with E-state index in [2.05, 4.69) is 0 Å². The van der Waals surface area contributed by atoms with Gasteiger partial charge in [0.05, 0.1) is 6.61 Å². The maximum absolute atomic E-state index is 13.2. The smallest absolute Gasteiger partial charge is 0.250 e. The van der Waals surface area contributed by atoms with E-state index in [0.717, 1.165) is 16.7 Å². The zero-order chi connectivity index (χ0) is 19.1. The number of ether oxygens (including phenoxy) is 1. The Kier molecular flexibility index (Phi) is 5.14. The van der Waals surface area contributed by atoms with Gasteiger partial charge in [0.2, 0.25) is 10.0 Å². The lowest BCUT2D eigenvalue weighted by Gasteiger charge is -2.29. The number of aryl methyl sites for hydroxylation is 2. The number of rotatable bonds is 4. The van der Waals surface area contributed by atoms with Crippen molar-refractivity contribution in [3.8, 4) is 5.75 Å². The molecule has 0 saturated heterocycles. The van der Waals surface area contributed by atoms with Crippen molar-refractivity contribution in [3.63, 3.8) is 0 Å². The molecule has 0 radical (unpaired) electrons. The highest BCUT2D eigenvalue weighted by Crippen LogP contribution is 2.34. The van der Waals surface area contributed by atoms with Crippen LogP contribution in [0, 0.1) is 6.92 Å². The van der Waals surface area contributed by atoms with Gasteiger partial charge in [-0.15, -0.1) is 0 Å². The Labute approximate surface area is 158 Å². The molecule has 2 heterocycles. The topological polar surface area (TPSA) is 68.6 Å². The van der Waals surface area contributed by atoms with Gasteiger partial charge in [-0.25, -0.2) is 8.42 Å². The minimum Gasteiger partial charge on any atom is -0.492 e. The van der Waals surface area contributed by atoms with Crippen LogP contribution in [0.5, 0.6) is 5.75 Å². The van der Waals surface area contributed by atoms with Crippen molar-refractivity contribution in [1.29, 1.82) is 0 Å². The third-order valence-corrected chi connectivity index (χ3v) is 6.80. The standard InChI is InChI=1S/C18H21ClN2O4S/c1-4-25-16-7-12(2)15(19)9-17(16)26(23,24)21-6-5-13-8-18(22)20(3)10-14(13)11-21/h7-10H,4-6,11H2,1-3H3. The van der Waals surface area contributed by atoms with Crippen LogP contribution in [0.25, 0.3) is 0 Å². The first-order chi connectivity index (χ1) is 12.2. The van der Waals surface area contributed by atoms with Crippen LogP contribution >= 0.6 is 11.6 Å². The Morgan fingerprint density at radius 2 is 1.96 bits per heavy atom. The number of fused-ring (bicyclic) bond motifs is 1. The molecule has 0 atom stereocenters. The van der Waals surface area contributed by atoms with Crippen molar-refractivity contribution in [2.24, 2.45) is 7.05 Å². The first kappa shape index (κ1) is 18.9. The maximum atomic E-state index is 13.2. The summed E-state index contributed by atoms with van der Waals surface area (Å²) in [5.41, 5.74) is 2.39. The van der Waals surface area contributed by atoms with Gasteiger partial charge in [-0.1, -0.05) is 11.6 Å². The first-order valence-electron chi connectivity index (χ1n) is 8.35. The molecule has 0 unspecified atom stereocenters. The Morgan fingerprint density at radius 3 is 2.65 bits per heavy atom. The number of halogens is 1. The highest BCUT2D eigenvalue weighted by atomic mass is 35.5. The Morgan fingerprint density at radius 1 is 1.23 bits per heavy atom. The fraction of sp³-hybridized carbons (Fsp3) is 0.389. The van der Waals surface area contributed by atoms with Crippen molar-refractivity contribution in [2.75, 3.05) is 13.2 Å². The van der Waals surface area contributed by atoms with E-state index in [4.69, 9.17) is 16.3 Å². The molecule has 1 aliphatic heterocycles. The van der Waals surface area contributed by atoms with Crippen molar-refractivity contribution in [1.82, 2.24) is 8.87 Å². The van der Waals surface area contributed by atoms with E-state index in [9.17, 15) is 13.2 Å². The fourth-order valence-corrected chi connectivity index (χ4v) is 4.85. The summed E-state index contributed by atoms with van der Waals surface area (Å²) in [5.74, 6) is 0.306. The second-order valence-electron chi connectivity index (χ2n) is 6.34. The van der Waals surface area contributed by atoms with Crippen LogP contribution in [0.1, 0.15) is 23.6 Å². The quantitative estimate of drug-likeness (QED) is 0.796. The normalized spacial score (nSPS) is 14.9. The molecule has 6 nitrogen and oxygen atoms in total. The third kappa shape index (κ3) is 3.39. The predicted molar refractivity (Wildman–Crippen MR) is 100 cm³/mol. The molecule has 2 aromatic rings. The highest BCUT2D eigenvalue weighted by Gasteiger charge is 2.31. The molecule has 1 aromatic carbocycles. The van der Waals surface area contributed by atoms with Gasteiger partial charge < -0.3 is 9.30 Å². The molecule has 0 bridgehead atoms. The van der Waals surface area contributed by atoms with Crippen molar-refractivity contribution in [2.45, 2.75) is 31.7 Å². The summed E-state index contributed by atoms with van der Waals surface area (Å²) in [6, 6.07) is 4.68.